The average molecular weight is 337 g/mol. The van der Waals surface area contributed by atoms with Gasteiger partial charge in [0.25, 0.3) is 0 Å². The number of aliphatic imine (C=N–C) groups is 1. The number of aryl methyl sites for hydroxylation is 3. The minimum atomic E-state index is 0.814. The number of guanidine groups is 1. The van der Waals surface area contributed by atoms with Crippen LogP contribution in [0.2, 0.25) is 0 Å². The fraction of sp³-hybridized carbons (Fsp3) is 0.500. The highest BCUT2D eigenvalue weighted by molar-refractivity contribution is 7.12. The molecular weight excluding hydrogens is 312 g/mol. The molecule has 2 N–H and O–H groups in total. The highest BCUT2D eigenvalue weighted by Gasteiger charge is 2.06. The van der Waals surface area contributed by atoms with E-state index in [1.807, 2.05) is 11.3 Å². The van der Waals surface area contributed by atoms with Crippen LogP contribution in [0, 0.1) is 13.8 Å². The van der Waals surface area contributed by atoms with Crippen LogP contribution in [0.25, 0.3) is 0 Å². The predicted octanol–water partition coefficient (Wildman–Crippen LogP) is 3.29. The standard InChI is InChI=1S/C16H24N4S2/c1-5-14-12(3)22-15(20-14)8-9-18-16(17-4)19-10-13-7-6-11(2)21-13/h6-7H,5,8-10H2,1-4H3,(H2,17,18,19). The summed E-state index contributed by atoms with van der Waals surface area (Å²) in [6.07, 6.45) is 1.95. The summed E-state index contributed by atoms with van der Waals surface area (Å²) >= 11 is 3.62. The van der Waals surface area contributed by atoms with Crippen molar-refractivity contribution in [2.45, 2.75) is 40.2 Å². The first-order chi connectivity index (χ1) is 10.6. The van der Waals surface area contributed by atoms with Crippen molar-refractivity contribution in [1.82, 2.24) is 15.6 Å². The summed E-state index contributed by atoms with van der Waals surface area (Å²) in [6.45, 7) is 8.09. The molecule has 0 spiro atoms. The minimum Gasteiger partial charge on any atom is -0.356 e. The van der Waals surface area contributed by atoms with Crippen LogP contribution < -0.4 is 10.6 Å². The van der Waals surface area contributed by atoms with Gasteiger partial charge in [-0.15, -0.1) is 22.7 Å². The molecule has 120 valence electrons. The second-order valence-corrected chi connectivity index (χ2v) is 7.74. The van der Waals surface area contributed by atoms with E-state index in [0.29, 0.717) is 0 Å². The lowest BCUT2D eigenvalue weighted by Gasteiger charge is -2.10. The lowest BCUT2D eigenvalue weighted by atomic mass is 10.3. The molecule has 0 aliphatic rings. The molecular formula is C16H24N4S2. The maximum absolute atomic E-state index is 4.67. The maximum atomic E-state index is 4.67. The van der Waals surface area contributed by atoms with Crippen molar-refractivity contribution in [2.24, 2.45) is 4.99 Å². The summed E-state index contributed by atoms with van der Waals surface area (Å²) in [4.78, 5) is 12.9. The molecule has 0 amide bonds. The molecule has 2 heterocycles. The first-order valence-electron chi connectivity index (χ1n) is 7.57. The van der Waals surface area contributed by atoms with E-state index in [0.717, 1.165) is 31.9 Å². The molecule has 4 nitrogen and oxygen atoms in total. The summed E-state index contributed by atoms with van der Waals surface area (Å²) in [5.41, 5.74) is 1.23. The Kier molecular flexibility index (Phi) is 6.39. The van der Waals surface area contributed by atoms with Crippen molar-refractivity contribution in [3.63, 3.8) is 0 Å². The maximum Gasteiger partial charge on any atom is 0.191 e. The van der Waals surface area contributed by atoms with E-state index in [1.165, 1.54) is 25.3 Å². The monoisotopic (exact) mass is 336 g/mol. The SMILES string of the molecule is CCc1nc(CCNC(=NC)NCc2ccc(C)s2)sc1C. The van der Waals surface area contributed by atoms with Crippen LogP contribution in [0.3, 0.4) is 0 Å². The zero-order valence-electron chi connectivity index (χ0n) is 13.7. The van der Waals surface area contributed by atoms with Crippen LogP contribution in [0.1, 0.15) is 32.3 Å². The van der Waals surface area contributed by atoms with Crippen molar-refractivity contribution in [3.8, 4) is 0 Å². The van der Waals surface area contributed by atoms with Gasteiger partial charge in [0.2, 0.25) is 0 Å². The van der Waals surface area contributed by atoms with Gasteiger partial charge in [0.1, 0.15) is 0 Å². The van der Waals surface area contributed by atoms with E-state index in [-0.39, 0.29) is 0 Å². The Bertz CT molecular complexity index is 628. The first kappa shape index (κ1) is 17.0. The second kappa shape index (κ2) is 8.29. The van der Waals surface area contributed by atoms with Crippen molar-refractivity contribution in [1.29, 1.82) is 0 Å². The Morgan fingerprint density at radius 2 is 2.05 bits per heavy atom. The highest BCUT2D eigenvalue weighted by atomic mass is 32.1. The van der Waals surface area contributed by atoms with Crippen molar-refractivity contribution < 1.29 is 0 Å². The third-order valence-electron chi connectivity index (χ3n) is 3.35. The third kappa shape index (κ3) is 4.81. The Balaban J connectivity index is 1.76. The number of nitrogens with one attached hydrogen (secondary N) is 2. The van der Waals surface area contributed by atoms with Gasteiger partial charge < -0.3 is 10.6 Å². The van der Waals surface area contributed by atoms with E-state index in [2.05, 4.69) is 53.5 Å². The summed E-state index contributed by atoms with van der Waals surface area (Å²) < 4.78 is 0. The van der Waals surface area contributed by atoms with Gasteiger partial charge in [-0.05, 0) is 32.4 Å². The van der Waals surface area contributed by atoms with Crippen molar-refractivity contribution in [2.75, 3.05) is 13.6 Å². The Morgan fingerprint density at radius 1 is 1.23 bits per heavy atom. The number of thiophene rings is 1. The molecule has 0 aliphatic carbocycles. The summed E-state index contributed by atoms with van der Waals surface area (Å²) in [6, 6.07) is 4.30. The van der Waals surface area contributed by atoms with Gasteiger partial charge in [-0.25, -0.2) is 4.98 Å². The van der Waals surface area contributed by atoms with E-state index < -0.39 is 0 Å². The number of rotatable bonds is 6. The topological polar surface area (TPSA) is 49.3 Å². The molecule has 0 unspecified atom stereocenters. The van der Waals surface area contributed by atoms with Gasteiger partial charge in [0, 0.05) is 34.6 Å². The molecule has 0 saturated heterocycles. The number of nitrogens with zero attached hydrogens (tertiary/aromatic N) is 2. The summed E-state index contributed by atoms with van der Waals surface area (Å²) in [5.74, 6) is 0.843. The van der Waals surface area contributed by atoms with E-state index in [1.54, 1.807) is 18.4 Å². The molecule has 0 aliphatic heterocycles. The molecule has 6 heteroatoms. The lowest BCUT2D eigenvalue weighted by Crippen LogP contribution is -2.37. The highest BCUT2D eigenvalue weighted by Crippen LogP contribution is 2.18. The molecule has 2 aromatic rings. The molecule has 0 aromatic carbocycles. The zero-order valence-corrected chi connectivity index (χ0v) is 15.3. The number of hydrogen-bond donors (Lipinski definition) is 2. The molecule has 0 saturated carbocycles. The zero-order chi connectivity index (χ0) is 15.9. The van der Waals surface area contributed by atoms with Crippen molar-refractivity contribution in [3.05, 3.63) is 37.5 Å². The normalized spacial score (nSPS) is 11.7. The van der Waals surface area contributed by atoms with Crippen LogP contribution in [0.4, 0.5) is 0 Å². The quantitative estimate of drug-likeness (QED) is 0.629. The molecule has 0 radical (unpaired) electrons. The summed E-state index contributed by atoms with van der Waals surface area (Å²) in [7, 11) is 1.80. The molecule has 22 heavy (non-hydrogen) atoms. The predicted molar refractivity (Wildman–Crippen MR) is 97.2 cm³/mol. The number of hydrogen-bond acceptors (Lipinski definition) is 4. The van der Waals surface area contributed by atoms with Gasteiger partial charge in [0.15, 0.2) is 5.96 Å². The van der Waals surface area contributed by atoms with E-state index in [4.69, 9.17) is 0 Å². The van der Waals surface area contributed by atoms with E-state index in [9.17, 15) is 0 Å². The largest absolute Gasteiger partial charge is 0.356 e. The Hall–Kier alpha value is -1.40. The number of thiazole rings is 1. The first-order valence-corrected chi connectivity index (χ1v) is 9.20. The summed E-state index contributed by atoms with van der Waals surface area (Å²) in [5, 5.41) is 7.90. The molecule has 0 bridgehead atoms. The third-order valence-corrected chi connectivity index (χ3v) is 5.43. The molecule has 0 fully saturated rings. The van der Waals surface area contributed by atoms with Crippen LogP contribution in [0.5, 0.6) is 0 Å². The van der Waals surface area contributed by atoms with Crippen LogP contribution in [0.15, 0.2) is 17.1 Å². The fourth-order valence-electron chi connectivity index (χ4n) is 2.18. The Labute approximate surface area is 140 Å². The van der Waals surface area contributed by atoms with Gasteiger partial charge in [-0.2, -0.15) is 0 Å². The van der Waals surface area contributed by atoms with E-state index >= 15 is 0 Å². The molecule has 2 aromatic heterocycles. The molecule has 0 atom stereocenters. The number of aromatic nitrogens is 1. The Morgan fingerprint density at radius 3 is 2.64 bits per heavy atom. The van der Waals surface area contributed by atoms with Crippen molar-refractivity contribution >= 4 is 28.6 Å². The van der Waals surface area contributed by atoms with Gasteiger partial charge in [-0.3, -0.25) is 4.99 Å². The lowest BCUT2D eigenvalue weighted by molar-refractivity contribution is 0.794. The van der Waals surface area contributed by atoms with Gasteiger partial charge >= 0.3 is 0 Å². The smallest absolute Gasteiger partial charge is 0.191 e. The van der Waals surface area contributed by atoms with Gasteiger partial charge in [0.05, 0.1) is 17.2 Å². The molecule has 2 rings (SSSR count). The van der Waals surface area contributed by atoms with Crippen LogP contribution in [-0.4, -0.2) is 24.5 Å². The second-order valence-electron chi connectivity index (χ2n) is 5.08. The average Bonchev–Trinajstić information content (AvgIpc) is 3.08. The fourth-order valence-corrected chi connectivity index (χ4v) is 4.03. The van der Waals surface area contributed by atoms with Gasteiger partial charge in [-0.1, -0.05) is 6.92 Å². The minimum absolute atomic E-state index is 0.814. The van der Waals surface area contributed by atoms with Crippen LogP contribution in [-0.2, 0) is 19.4 Å². The van der Waals surface area contributed by atoms with Crippen LogP contribution >= 0.6 is 22.7 Å².